The van der Waals surface area contributed by atoms with Crippen LogP contribution in [0.15, 0.2) is 12.5 Å². The highest BCUT2D eigenvalue weighted by atomic mass is 16.2. The summed E-state index contributed by atoms with van der Waals surface area (Å²) in [7, 11) is 0. The number of imidazole rings is 1. The molecule has 1 aromatic heterocycles. The first kappa shape index (κ1) is 30.2. The molecule has 0 aromatic carbocycles. The highest BCUT2D eigenvalue weighted by Gasteiger charge is 2.30. The van der Waals surface area contributed by atoms with Gasteiger partial charge in [0, 0.05) is 19.2 Å². The van der Waals surface area contributed by atoms with Crippen molar-refractivity contribution in [3.8, 4) is 0 Å². The van der Waals surface area contributed by atoms with Crippen molar-refractivity contribution in [3.05, 3.63) is 18.2 Å². The van der Waals surface area contributed by atoms with Gasteiger partial charge in [-0.2, -0.15) is 0 Å². The van der Waals surface area contributed by atoms with E-state index in [2.05, 4.69) is 36.6 Å². The molecule has 1 saturated heterocycles. The lowest BCUT2D eigenvalue weighted by molar-refractivity contribution is -0.134. The zero-order valence-electron chi connectivity index (χ0n) is 21.5. The molecule has 15 nitrogen and oxygen atoms in total. The van der Waals surface area contributed by atoms with E-state index in [4.69, 9.17) is 11.5 Å². The normalized spacial score (nSPS) is 25.4. The Kier molecular flexibility index (Phi) is 11.7. The van der Waals surface area contributed by atoms with Crippen LogP contribution >= 0.6 is 0 Å². The van der Waals surface area contributed by atoms with Crippen LogP contribution in [0.4, 0.5) is 0 Å². The summed E-state index contributed by atoms with van der Waals surface area (Å²) >= 11 is 0. The van der Waals surface area contributed by atoms with E-state index in [0.717, 1.165) is 0 Å². The maximum atomic E-state index is 12.9. The van der Waals surface area contributed by atoms with Crippen LogP contribution in [-0.4, -0.2) is 82.7 Å². The minimum Gasteiger partial charge on any atom is -0.368 e. The van der Waals surface area contributed by atoms with Crippen molar-refractivity contribution >= 4 is 35.4 Å². The van der Waals surface area contributed by atoms with Gasteiger partial charge in [-0.1, -0.05) is 13.8 Å². The molecule has 210 valence electrons. The van der Waals surface area contributed by atoms with Crippen molar-refractivity contribution < 1.29 is 28.8 Å². The van der Waals surface area contributed by atoms with E-state index in [-0.39, 0.29) is 25.8 Å². The quantitative estimate of drug-likeness (QED) is 0.193. The summed E-state index contributed by atoms with van der Waals surface area (Å²) in [5.74, 6) is -4.39. The van der Waals surface area contributed by atoms with Crippen LogP contribution in [0.3, 0.4) is 0 Å². The van der Waals surface area contributed by atoms with Gasteiger partial charge >= 0.3 is 0 Å². The first-order valence-electron chi connectivity index (χ1n) is 12.4. The third-order valence-corrected chi connectivity index (χ3v) is 5.94. The number of nitrogens with zero attached hydrogens (tertiary/aromatic N) is 1. The molecule has 2 heterocycles. The van der Waals surface area contributed by atoms with Crippen LogP contribution in [0, 0.1) is 5.92 Å². The maximum absolute atomic E-state index is 12.9. The van der Waals surface area contributed by atoms with Crippen LogP contribution < -0.4 is 38.1 Å². The van der Waals surface area contributed by atoms with E-state index in [1.807, 2.05) is 0 Å². The second kappa shape index (κ2) is 14.7. The molecule has 0 bridgehead atoms. The number of aromatic nitrogens is 2. The second-order valence-electron chi connectivity index (χ2n) is 9.45. The van der Waals surface area contributed by atoms with E-state index in [0.29, 0.717) is 18.5 Å². The number of amides is 6. The summed E-state index contributed by atoms with van der Waals surface area (Å²) in [6.07, 6.45) is 3.96. The molecule has 1 fully saturated rings. The molecule has 1 aliphatic rings. The van der Waals surface area contributed by atoms with Crippen LogP contribution in [0.1, 0.15) is 45.2 Å². The van der Waals surface area contributed by atoms with Gasteiger partial charge < -0.3 is 43.0 Å². The zero-order chi connectivity index (χ0) is 28.2. The zero-order valence-corrected chi connectivity index (χ0v) is 21.5. The summed E-state index contributed by atoms with van der Waals surface area (Å²) < 4.78 is 0. The van der Waals surface area contributed by atoms with E-state index in [1.165, 1.54) is 6.33 Å². The molecule has 1 aromatic rings. The van der Waals surface area contributed by atoms with Gasteiger partial charge in [-0.15, -0.1) is 0 Å². The molecule has 0 radical (unpaired) electrons. The number of H-pyrrole nitrogens is 1. The number of aromatic amines is 1. The number of carbonyl (C=O) groups excluding carboxylic acids is 6. The first-order chi connectivity index (χ1) is 18.0. The van der Waals surface area contributed by atoms with Gasteiger partial charge in [0.15, 0.2) is 0 Å². The average molecular weight is 536 g/mol. The van der Waals surface area contributed by atoms with Crippen LogP contribution in [0.25, 0.3) is 0 Å². The second-order valence-corrected chi connectivity index (χ2v) is 9.45. The summed E-state index contributed by atoms with van der Waals surface area (Å²) in [6.45, 7) is 3.11. The predicted molar refractivity (Wildman–Crippen MR) is 135 cm³/mol. The fourth-order valence-electron chi connectivity index (χ4n) is 3.74. The molecule has 0 aliphatic carbocycles. The minimum atomic E-state index is -1.29. The molecular weight excluding hydrogens is 498 g/mol. The molecular formula is C23H37N9O6. The van der Waals surface area contributed by atoms with Gasteiger partial charge in [-0.25, -0.2) is 4.98 Å². The molecule has 0 unspecified atom stereocenters. The van der Waals surface area contributed by atoms with Crippen molar-refractivity contribution in [2.24, 2.45) is 17.4 Å². The lowest BCUT2D eigenvalue weighted by Gasteiger charge is -2.25. The SMILES string of the molecule is CC(C)[C@@H]1NC(=O)CNC(=O)[C@H](Cc2c[nH]cn2)NC(=O)[C@@H](N)CCCCNC(=O)C[C@@H](C(N)=O)NC1=O. The number of hydrogen-bond acceptors (Lipinski definition) is 8. The standard InChI is InChI=1S/C23H37N9O6/c1-12(2)19-23(38)30-15(20(25)35)8-17(33)27-6-4-3-5-14(24)21(36)31-16(7-13-9-26-11-29-13)22(37)28-10-18(34)32-19/h9,11-12,14-16,19H,3-8,10,24H2,1-2H3,(H2,25,35)(H,26,29)(H,27,33)(H,28,37)(H,30,38)(H,31,36)(H,32,34)/t14-,15-,16-,19-/m0/s1. The first-order valence-corrected chi connectivity index (χ1v) is 12.4. The van der Waals surface area contributed by atoms with E-state index >= 15 is 0 Å². The highest BCUT2D eigenvalue weighted by Crippen LogP contribution is 2.06. The third-order valence-electron chi connectivity index (χ3n) is 5.94. The minimum absolute atomic E-state index is 0.0486. The average Bonchev–Trinajstić information content (AvgIpc) is 3.36. The molecule has 4 atom stereocenters. The van der Waals surface area contributed by atoms with Gasteiger partial charge in [0.05, 0.1) is 31.0 Å². The maximum Gasteiger partial charge on any atom is 0.243 e. The van der Waals surface area contributed by atoms with Gasteiger partial charge in [0.2, 0.25) is 35.4 Å². The number of primary amides is 1. The van der Waals surface area contributed by atoms with E-state index in [9.17, 15) is 28.8 Å². The van der Waals surface area contributed by atoms with Crippen LogP contribution in [-0.2, 0) is 35.2 Å². The Morgan fingerprint density at radius 3 is 2.37 bits per heavy atom. The van der Waals surface area contributed by atoms with E-state index < -0.39 is 72.1 Å². The molecule has 1 aliphatic heterocycles. The third kappa shape index (κ3) is 9.80. The van der Waals surface area contributed by atoms with Gasteiger partial charge in [0.25, 0.3) is 0 Å². The summed E-state index contributed by atoms with van der Waals surface area (Å²) in [5.41, 5.74) is 11.9. The number of hydrogen-bond donors (Lipinski definition) is 8. The molecule has 38 heavy (non-hydrogen) atoms. The van der Waals surface area contributed by atoms with Crippen molar-refractivity contribution in [3.63, 3.8) is 0 Å². The fourth-order valence-corrected chi connectivity index (χ4v) is 3.74. The van der Waals surface area contributed by atoms with Crippen molar-refractivity contribution in [2.75, 3.05) is 13.1 Å². The molecule has 6 amide bonds. The largest absolute Gasteiger partial charge is 0.368 e. The number of rotatable bonds is 4. The van der Waals surface area contributed by atoms with Crippen molar-refractivity contribution in [1.82, 2.24) is 36.6 Å². The Morgan fingerprint density at radius 1 is 1.00 bits per heavy atom. The van der Waals surface area contributed by atoms with Crippen LogP contribution in [0.5, 0.6) is 0 Å². The molecule has 10 N–H and O–H groups in total. The number of nitrogens with one attached hydrogen (secondary N) is 6. The van der Waals surface area contributed by atoms with Gasteiger partial charge in [-0.05, 0) is 25.2 Å². The van der Waals surface area contributed by atoms with E-state index in [1.54, 1.807) is 20.0 Å². The predicted octanol–water partition coefficient (Wildman–Crippen LogP) is -3.32. The molecule has 0 saturated carbocycles. The summed E-state index contributed by atoms with van der Waals surface area (Å²) in [6, 6.07) is -4.33. The van der Waals surface area contributed by atoms with Crippen molar-refractivity contribution in [1.29, 1.82) is 0 Å². The lowest BCUT2D eigenvalue weighted by atomic mass is 10.0. The monoisotopic (exact) mass is 535 g/mol. The highest BCUT2D eigenvalue weighted by molar-refractivity contribution is 5.95. The molecule has 0 spiro atoms. The van der Waals surface area contributed by atoms with Crippen molar-refractivity contribution in [2.45, 2.75) is 70.1 Å². The van der Waals surface area contributed by atoms with Gasteiger partial charge in [-0.3, -0.25) is 28.8 Å². The van der Waals surface area contributed by atoms with Crippen LogP contribution in [0.2, 0.25) is 0 Å². The Labute approximate surface area is 220 Å². The fraction of sp³-hybridized carbons (Fsp3) is 0.609. The Hall–Kier alpha value is -4.01. The molecule has 15 heteroatoms. The Balaban J connectivity index is 2.21. The van der Waals surface area contributed by atoms with Gasteiger partial charge in [0.1, 0.15) is 18.1 Å². The Morgan fingerprint density at radius 2 is 1.74 bits per heavy atom. The number of carbonyl (C=O) groups is 6. The molecule has 2 rings (SSSR count). The summed E-state index contributed by atoms with van der Waals surface area (Å²) in [5, 5.41) is 12.6. The lowest BCUT2D eigenvalue weighted by Crippen LogP contribution is -2.57. The Bertz CT molecular complexity index is 998. The number of nitrogens with two attached hydrogens (primary N) is 2. The smallest absolute Gasteiger partial charge is 0.243 e. The topological polar surface area (TPSA) is 243 Å². The summed E-state index contributed by atoms with van der Waals surface area (Å²) in [4.78, 5) is 82.0.